The summed E-state index contributed by atoms with van der Waals surface area (Å²) >= 11 is -0.924. The maximum absolute atomic E-state index is 10.1. The van der Waals surface area contributed by atoms with Gasteiger partial charge in [0, 0.05) is 12.2 Å². The normalized spacial score (nSPS) is 10.2. The van der Waals surface area contributed by atoms with E-state index in [-0.39, 0.29) is 13.5 Å². The molecule has 0 aromatic carbocycles. The number of carbonyl (C=O) groups is 2. The van der Waals surface area contributed by atoms with Crippen LogP contribution in [0.1, 0.15) is 111 Å². The molecule has 184 valence electrons. The van der Waals surface area contributed by atoms with Gasteiger partial charge in [0.05, 0.1) is 7.11 Å². The second-order valence-electron chi connectivity index (χ2n) is 8.08. The van der Waals surface area contributed by atoms with Crippen molar-refractivity contribution in [3.05, 3.63) is 12.2 Å². The van der Waals surface area contributed by atoms with E-state index in [0.29, 0.717) is 6.08 Å². The molecule has 0 spiro atoms. The fourth-order valence-corrected chi connectivity index (χ4v) is 12.5. The van der Waals surface area contributed by atoms with E-state index in [0.717, 1.165) is 6.08 Å². The van der Waals surface area contributed by atoms with Crippen molar-refractivity contribution >= 4 is 45.2 Å². The van der Waals surface area contributed by atoms with Crippen LogP contribution in [0.5, 0.6) is 0 Å². The molecule has 0 aliphatic rings. The summed E-state index contributed by atoms with van der Waals surface area (Å²) in [6.07, 6.45) is 22.4. The van der Waals surface area contributed by atoms with Gasteiger partial charge in [-0.2, -0.15) is 0 Å². The Kier molecular flexibility index (Phi) is 34.1. The van der Waals surface area contributed by atoms with Crippen molar-refractivity contribution in [1.82, 2.24) is 0 Å². The van der Waals surface area contributed by atoms with E-state index < -0.39 is 31.7 Å². The summed E-state index contributed by atoms with van der Waals surface area (Å²) < 4.78 is 9.20. The minimum absolute atomic E-state index is 0. The van der Waals surface area contributed by atoms with Crippen LogP contribution in [0.25, 0.3) is 0 Å². The van der Waals surface area contributed by atoms with Crippen LogP contribution in [-0.2, 0) is 27.8 Å². The molecule has 31 heavy (non-hydrogen) atoms. The number of thiol groups is 1. The molecule has 0 amide bonds. The molecule has 1 N–H and O–H groups in total. The molecule has 0 heterocycles. The molecular weight excluding hydrogens is 515 g/mol. The van der Waals surface area contributed by atoms with Gasteiger partial charge in [-0.05, 0) is 0 Å². The average Bonchev–Trinajstić information content (AvgIpc) is 2.75. The first kappa shape index (κ1) is 35.4. The summed E-state index contributed by atoms with van der Waals surface area (Å²) in [5, 5.41) is 7.96. The van der Waals surface area contributed by atoms with E-state index in [1.54, 1.807) is 19.7 Å². The predicted molar refractivity (Wildman–Crippen MR) is 139 cm³/mol. The fourth-order valence-electron chi connectivity index (χ4n) is 3.30. The van der Waals surface area contributed by atoms with Crippen LogP contribution in [0.4, 0.5) is 0 Å². The summed E-state index contributed by atoms with van der Waals surface area (Å²) in [7, 11) is 1.18. The number of rotatable bonds is 19. The van der Waals surface area contributed by atoms with E-state index in [2.05, 4.69) is 25.5 Å². The molecular formula is C25H50O4SSn. The van der Waals surface area contributed by atoms with Gasteiger partial charge in [0.15, 0.2) is 0 Å². The number of esters is 1. The minimum atomic E-state index is -1.17. The molecule has 0 saturated carbocycles. The second-order valence-corrected chi connectivity index (χ2v) is 16.6. The third kappa shape index (κ3) is 32.1. The zero-order chi connectivity index (χ0) is 22.9. The number of hydrogen-bond acceptors (Lipinski definition) is 4. The van der Waals surface area contributed by atoms with Crippen LogP contribution in [-0.4, -0.2) is 43.9 Å². The Morgan fingerprint density at radius 3 is 1.45 bits per heavy atom. The van der Waals surface area contributed by atoms with E-state index in [4.69, 9.17) is 5.11 Å². The van der Waals surface area contributed by atoms with Gasteiger partial charge in [-0.15, -0.1) is 0 Å². The molecule has 0 unspecified atom stereocenters. The number of methoxy groups -OCH3 is 1. The molecule has 0 aromatic rings. The first-order chi connectivity index (χ1) is 14.5. The Balaban J connectivity index is -0.000000662. The van der Waals surface area contributed by atoms with Crippen LogP contribution in [0.15, 0.2) is 12.2 Å². The number of carbonyl (C=O) groups excluding carboxylic acids is 1. The zero-order valence-electron chi connectivity index (χ0n) is 20.8. The van der Waals surface area contributed by atoms with Crippen LogP contribution in [0.3, 0.4) is 0 Å². The van der Waals surface area contributed by atoms with Crippen molar-refractivity contribution < 1.29 is 19.4 Å². The maximum atomic E-state index is 10.1. The Bertz CT molecular complexity index is 408. The largest absolute Gasteiger partial charge is 0.813 e. The van der Waals surface area contributed by atoms with E-state index in [9.17, 15) is 9.59 Å². The molecule has 4 nitrogen and oxygen atoms in total. The number of hydrogen-bond donors (Lipinski definition) is 1. The van der Waals surface area contributed by atoms with Crippen LogP contribution >= 0.6 is 0 Å². The summed E-state index contributed by atoms with van der Waals surface area (Å²) in [5.41, 5.74) is 0. The Labute approximate surface area is 207 Å². The zero-order valence-corrected chi connectivity index (χ0v) is 24.5. The number of carboxylic acids is 1. The van der Waals surface area contributed by atoms with Crippen molar-refractivity contribution in [2.75, 3.05) is 7.11 Å². The maximum Gasteiger partial charge on any atom is 0.330 e. The number of ether oxygens (including phenoxy) is 1. The molecule has 6 heteroatoms. The van der Waals surface area contributed by atoms with Gasteiger partial charge in [0.2, 0.25) is 0 Å². The van der Waals surface area contributed by atoms with Crippen LogP contribution < -0.4 is 0 Å². The number of carboxylic acid groups (broad SMARTS) is 1. The van der Waals surface area contributed by atoms with Gasteiger partial charge in [0.25, 0.3) is 0 Å². The number of unbranched alkanes of at least 4 members (excludes halogenated alkanes) is 11. The molecule has 0 aliphatic carbocycles. The standard InChI is InChI=1S/C12H25.C5H6O4.2C4H9.H2S.Sn/c1-3-5-7-9-11-12-10-8-6-4-2;1-9-5(8)3-2-4(6)7;2*1-3-4-2;;/h1,3-12H2,2H3;2-3H,1H3,(H,6,7);2*1,3-4H2,2H3;1H2;/q;;;;;+1/p-1. The third-order valence-electron chi connectivity index (χ3n) is 5.21. The minimum Gasteiger partial charge on any atom is -0.813 e. The van der Waals surface area contributed by atoms with Crippen molar-refractivity contribution in [3.63, 3.8) is 0 Å². The van der Waals surface area contributed by atoms with Gasteiger partial charge < -0.3 is 23.3 Å². The smallest absolute Gasteiger partial charge is 0.330 e. The molecule has 0 aromatic heterocycles. The molecule has 0 saturated heterocycles. The van der Waals surface area contributed by atoms with Crippen molar-refractivity contribution in [1.29, 1.82) is 0 Å². The van der Waals surface area contributed by atoms with Crippen LogP contribution in [0, 0.1) is 0 Å². The monoisotopic (exact) mass is 566 g/mol. The molecule has 0 rings (SSSR count). The Hall–Kier alpha value is -0.171. The quantitative estimate of drug-likeness (QED) is 0.0438. The van der Waals surface area contributed by atoms with Gasteiger partial charge >= 0.3 is 156 Å². The topological polar surface area (TPSA) is 63.6 Å². The molecule has 0 bridgehead atoms. The van der Waals surface area contributed by atoms with Gasteiger partial charge in [-0.1, -0.05) is 0 Å². The first-order valence-corrected chi connectivity index (χ1v) is 18.4. The summed E-state index contributed by atoms with van der Waals surface area (Å²) in [4.78, 5) is 19.9. The summed E-state index contributed by atoms with van der Waals surface area (Å²) in [5.74, 6) is -1.84. The van der Waals surface area contributed by atoms with E-state index >= 15 is 0 Å². The van der Waals surface area contributed by atoms with Crippen molar-refractivity contribution in [2.24, 2.45) is 0 Å². The van der Waals surface area contributed by atoms with Crippen molar-refractivity contribution in [3.8, 4) is 0 Å². The fraction of sp³-hybridized carbons (Fsp3) is 0.840. The second kappa shape index (κ2) is 29.8. The van der Waals surface area contributed by atoms with E-state index in [1.807, 2.05) is 0 Å². The summed E-state index contributed by atoms with van der Waals surface area (Å²) in [6.45, 7) is 7.03. The third-order valence-corrected chi connectivity index (χ3v) is 14.3. The average molecular weight is 565 g/mol. The molecule has 0 radical (unpaired) electrons. The Morgan fingerprint density at radius 1 is 0.677 bits per heavy atom. The molecule has 0 atom stereocenters. The predicted octanol–water partition coefficient (Wildman–Crippen LogP) is 7.53. The van der Waals surface area contributed by atoms with Gasteiger partial charge in [-0.3, -0.25) is 0 Å². The Morgan fingerprint density at radius 2 is 1.06 bits per heavy atom. The van der Waals surface area contributed by atoms with E-state index in [1.165, 1.54) is 90.6 Å². The first-order valence-electron chi connectivity index (χ1n) is 12.3. The number of aliphatic carboxylic acids is 1. The van der Waals surface area contributed by atoms with Gasteiger partial charge in [0.1, 0.15) is 0 Å². The SMILES string of the molecule is CCCCCCCCCCC[CH2][Sn+]([CH2]CCC)[CH2]CCC.COC(=O)C=CC(=O)O.[SH-]. The van der Waals surface area contributed by atoms with Crippen LogP contribution in [0.2, 0.25) is 13.3 Å². The van der Waals surface area contributed by atoms with Gasteiger partial charge in [-0.25, -0.2) is 9.59 Å². The van der Waals surface area contributed by atoms with Crippen molar-refractivity contribution in [2.45, 2.75) is 124 Å². The summed E-state index contributed by atoms with van der Waals surface area (Å²) in [6, 6.07) is 0. The molecule has 0 aliphatic heterocycles. The molecule has 0 fully saturated rings.